The quantitative estimate of drug-likeness (QED) is 0.718. The van der Waals surface area contributed by atoms with Gasteiger partial charge in [0.05, 0.1) is 0 Å². The van der Waals surface area contributed by atoms with Crippen molar-refractivity contribution in [3.05, 3.63) is 30.3 Å². The van der Waals surface area contributed by atoms with Gasteiger partial charge in [0.1, 0.15) is 0 Å². The number of benzene rings is 1. The SMILES string of the molecule is CC(C)(C)OC(=O)N1CCCCC1CC(O)C(C)(C#N)[Se]c1ccccc1. The van der Waals surface area contributed by atoms with Crippen LogP contribution in [-0.2, 0) is 4.74 Å². The Morgan fingerprint density at radius 3 is 2.59 bits per heavy atom. The standard InChI is InChI=1S/C21H30N2O3Se/c1-20(2,3)26-19(25)23-13-9-8-10-16(23)14-18(24)21(4,15-22)27-17-11-6-5-7-12-17/h5-7,11-12,16,18,24H,8-10,13-14H2,1-4H3. The molecule has 0 aliphatic carbocycles. The Morgan fingerprint density at radius 1 is 1.33 bits per heavy atom. The average Bonchev–Trinajstić information content (AvgIpc) is 2.61. The fourth-order valence-electron chi connectivity index (χ4n) is 3.19. The number of nitrogens with zero attached hydrogens (tertiary/aromatic N) is 2. The van der Waals surface area contributed by atoms with E-state index >= 15 is 0 Å². The average molecular weight is 437 g/mol. The summed E-state index contributed by atoms with van der Waals surface area (Å²) in [4.78, 5) is 14.3. The number of amides is 1. The molecule has 5 nitrogen and oxygen atoms in total. The fourth-order valence-corrected chi connectivity index (χ4v) is 5.41. The molecule has 0 saturated carbocycles. The van der Waals surface area contributed by atoms with E-state index in [-0.39, 0.29) is 27.1 Å². The molecule has 1 aliphatic rings. The molecule has 1 heterocycles. The summed E-state index contributed by atoms with van der Waals surface area (Å²) in [6.07, 6.45) is 2.06. The van der Waals surface area contributed by atoms with E-state index in [1.807, 2.05) is 58.0 Å². The first-order valence-corrected chi connectivity index (χ1v) is 11.2. The van der Waals surface area contributed by atoms with Gasteiger partial charge in [-0.05, 0) is 0 Å². The Labute approximate surface area is 168 Å². The molecule has 148 valence electrons. The van der Waals surface area contributed by atoms with Crippen molar-refractivity contribution in [2.45, 2.75) is 75.4 Å². The minimum atomic E-state index is -0.842. The van der Waals surface area contributed by atoms with E-state index in [0.717, 1.165) is 23.7 Å². The molecular weight excluding hydrogens is 407 g/mol. The van der Waals surface area contributed by atoms with Crippen molar-refractivity contribution < 1.29 is 14.6 Å². The van der Waals surface area contributed by atoms with Gasteiger partial charge in [0, 0.05) is 0 Å². The van der Waals surface area contributed by atoms with E-state index in [1.165, 1.54) is 0 Å². The number of ether oxygens (including phenoxy) is 1. The number of carbonyl (C=O) groups excluding carboxylic acids is 1. The Kier molecular flexibility index (Phi) is 7.33. The summed E-state index contributed by atoms with van der Waals surface area (Å²) >= 11 is -0.187. The molecule has 0 spiro atoms. The Bertz CT molecular complexity index is 668. The third-order valence-corrected chi connectivity index (χ3v) is 7.40. The van der Waals surface area contributed by atoms with Crippen LogP contribution in [0, 0.1) is 11.3 Å². The molecule has 1 aromatic carbocycles. The molecule has 0 bridgehead atoms. The van der Waals surface area contributed by atoms with Crippen LogP contribution in [0.15, 0.2) is 30.3 Å². The van der Waals surface area contributed by atoms with Gasteiger partial charge in [-0.15, -0.1) is 0 Å². The Hall–Kier alpha value is -1.54. The van der Waals surface area contributed by atoms with E-state index in [0.29, 0.717) is 13.0 Å². The zero-order chi connectivity index (χ0) is 20.1. The third-order valence-electron chi connectivity index (χ3n) is 4.68. The normalized spacial score (nSPS) is 21.0. The first-order chi connectivity index (χ1) is 12.6. The van der Waals surface area contributed by atoms with E-state index in [9.17, 15) is 15.2 Å². The number of aliphatic hydroxyl groups excluding tert-OH is 1. The van der Waals surface area contributed by atoms with Gasteiger partial charge in [-0.3, -0.25) is 0 Å². The molecule has 0 aromatic heterocycles. The molecule has 0 radical (unpaired) electrons. The second-order valence-electron chi connectivity index (χ2n) is 8.21. The monoisotopic (exact) mass is 438 g/mol. The van der Waals surface area contributed by atoms with Crippen molar-refractivity contribution in [1.29, 1.82) is 5.26 Å². The van der Waals surface area contributed by atoms with Crippen molar-refractivity contribution in [3.63, 3.8) is 0 Å². The van der Waals surface area contributed by atoms with Gasteiger partial charge in [-0.1, -0.05) is 0 Å². The molecule has 27 heavy (non-hydrogen) atoms. The Balaban J connectivity index is 2.09. The number of aliphatic hydroxyl groups is 1. The maximum atomic E-state index is 12.6. The van der Waals surface area contributed by atoms with E-state index < -0.39 is 16.0 Å². The first-order valence-electron chi connectivity index (χ1n) is 9.47. The zero-order valence-electron chi connectivity index (χ0n) is 16.6. The molecule has 1 N–H and O–H groups in total. The van der Waals surface area contributed by atoms with Crippen molar-refractivity contribution in [2.75, 3.05) is 6.54 Å². The van der Waals surface area contributed by atoms with Crippen LogP contribution in [0.3, 0.4) is 0 Å². The van der Waals surface area contributed by atoms with Gasteiger partial charge in [0.2, 0.25) is 0 Å². The van der Waals surface area contributed by atoms with Crippen molar-refractivity contribution >= 4 is 25.5 Å². The summed E-state index contributed by atoms with van der Waals surface area (Å²) < 4.78 is 5.78. The van der Waals surface area contributed by atoms with Crippen molar-refractivity contribution in [3.8, 4) is 6.07 Å². The summed E-state index contributed by atoms with van der Waals surface area (Å²) in [6.45, 7) is 8.03. The van der Waals surface area contributed by atoms with Crippen LogP contribution in [0.5, 0.6) is 0 Å². The van der Waals surface area contributed by atoms with Crippen molar-refractivity contribution in [1.82, 2.24) is 4.90 Å². The van der Waals surface area contributed by atoms with Crippen LogP contribution in [0.2, 0.25) is 4.31 Å². The molecule has 3 atom stereocenters. The maximum absolute atomic E-state index is 12.6. The van der Waals surface area contributed by atoms with Crippen LogP contribution >= 0.6 is 0 Å². The number of rotatable bonds is 5. The van der Waals surface area contributed by atoms with Gasteiger partial charge in [0.15, 0.2) is 0 Å². The summed E-state index contributed by atoms with van der Waals surface area (Å²) in [7, 11) is 0. The predicted molar refractivity (Wildman–Crippen MR) is 107 cm³/mol. The predicted octanol–water partition coefficient (Wildman–Crippen LogP) is 3.26. The topological polar surface area (TPSA) is 73.6 Å². The molecule has 1 aliphatic heterocycles. The Morgan fingerprint density at radius 2 is 2.00 bits per heavy atom. The van der Waals surface area contributed by atoms with E-state index in [4.69, 9.17) is 4.74 Å². The minimum absolute atomic E-state index is 0.0946. The number of hydrogen-bond donors (Lipinski definition) is 1. The van der Waals surface area contributed by atoms with Crippen LogP contribution in [0.4, 0.5) is 4.79 Å². The number of hydrogen-bond acceptors (Lipinski definition) is 4. The van der Waals surface area contributed by atoms with Crippen LogP contribution < -0.4 is 4.46 Å². The first kappa shape index (κ1) is 21.8. The molecule has 3 unspecified atom stereocenters. The summed E-state index contributed by atoms with van der Waals surface area (Å²) in [5, 5.41) is 20.7. The summed E-state index contributed by atoms with van der Waals surface area (Å²) in [6, 6.07) is 12.1. The van der Waals surface area contributed by atoms with Gasteiger partial charge in [-0.2, -0.15) is 0 Å². The molecule has 1 saturated heterocycles. The zero-order valence-corrected chi connectivity index (χ0v) is 18.4. The second-order valence-corrected chi connectivity index (χ2v) is 11.4. The van der Waals surface area contributed by atoms with Gasteiger partial charge in [0.25, 0.3) is 0 Å². The molecule has 2 rings (SSSR count). The molecule has 1 aromatic rings. The number of carbonyl (C=O) groups is 1. The van der Waals surface area contributed by atoms with Crippen LogP contribution in [0.25, 0.3) is 0 Å². The second kappa shape index (κ2) is 9.10. The van der Waals surface area contributed by atoms with Crippen molar-refractivity contribution in [2.24, 2.45) is 0 Å². The van der Waals surface area contributed by atoms with Gasteiger partial charge in [-0.25, -0.2) is 0 Å². The van der Waals surface area contributed by atoms with Gasteiger partial charge < -0.3 is 0 Å². The van der Waals surface area contributed by atoms with Crippen LogP contribution in [0.1, 0.15) is 53.4 Å². The van der Waals surface area contributed by atoms with Crippen LogP contribution in [-0.4, -0.2) is 55.3 Å². The molecule has 1 fully saturated rings. The summed E-state index contributed by atoms with van der Waals surface area (Å²) in [5.41, 5.74) is -0.546. The molecule has 1 amide bonds. The number of nitriles is 1. The number of piperidine rings is 1. The number of likely N-dealkylation sites (tertiary alicyclic amines) is 1. The van der Waals surface area contributed by atoms with E-state index in [1.54, 1.807) is 4.90 Å². The summed E-state index contributed by atoms with van der Waals surface area (Å²) in [5.74, 6) is 0. The third kappa shape index (κ3) is 6.24. The molecular formula is C21H30N2O3Se. The molecule has 6 heteroatoms. The van der Waals surface area contributed by atoms with Gasteiger partial charge >= 0.3 is 169 Å². The van der Waals surface area contributed by atoms with E-state index in [2.05, 4.69) is 6.07 Å². The fraction of sp³-hybridized carbons (Fsp3) is 0.619.